The smallest absolute Gasteiger partial charge is 0.254 e. The first-order valence-corrected chi connectivity index (χ1v) is 8.36. The van der Waals surface area contributed by atoms with Crippen LogP contribution in [0.2, 0.25) is 0 Å². The summed E-state index contributed by atoms with van der Waals surface area (Å²) >= 11 is 3.52. The molecule has 0 aliphatic carbocycles. The van der Waals surface area contributed by atoms with Crippen LogP contribution in [0.5, 0.6) is 0 Å². The van der Waals surface area contributed by atoms with E-state index in [9.17, 15) is 4.79 Å². The first kappa shape index (κ1) is 15.6. The van der Waals surface area contributed by atoms with Gasteiger partial charge in [-0.3, -0.25) is 4.79 Å². The first-order chi connectivity index (χ1) is 9.51. The Hall–Kier alpha value is -0.830. The van der Waals surface area contributed by atoms with E-state index < -0.39 is 0 Å². The van der Waals surface area contributed by atoms with E-state index in [0.717, 1.165) is 36.0 Å². The summed E-state index contributed by atoms with van der Waals surface area (Å²) in [6, 6.07) is 5.95. The highest BCUT2D eigenvalue weighted by molar-refractivity contribution is 9.10. The normalized spacial score (nSPS) is 18.1. The quantitative estimate of drug-likeness (QED) is 0.775. The zero-order valence-corrected chi connectivity index (χ0v) is 14.3. The van der Waals surface area contributed by atoms with E-state index in [4.69, 9.17) is 0 Å². The van der Waals surface area contributed by atoms with Crippen molar-refractivity contribution in [1.29, 1.82) is 0 Å². The Morgan fingerprint density at radius 2 is 1.85 bits per heavy atom. The van der Waals surface area contributed by atoms with Crippen molar-refractivity contribution >= 4 is 21.8 Å². The van der Waals surface area contributed by atoms with Crippen molar-refractivity contribution in [3.63, 3.8) is 0 Å². The molecule has 0 spiro atoms. The number of aryl methyl sites for hydroxylation is 1. The van der Waals surface area contributed by atoms with Crippen LogP contribution in [0.25, 0.3) is 0 Å². The fourth-order valence-corrected chi connectivity index (χ4v) is 3.77. The molecule has 1 saturated heterocycles. The third-order valence-corrected chi connectivity index (χ3v) is 5.62. The maximum atomic E-state index is 12.6. The monoisotopic (exact) mass is 337 g/mol. The van der Waals surface area contributed by atoms with Gasteiger partial charge in [0.15, 0.2) is 0 Å². The van der Waals surface area contributed by atoms with Gasteiger partial charge in [-0.25, -0.2) is 0 Å². The van der Waals surface area contributed by atoms with Gasteiger partial charge in [-0.1, -0.05) is 32.8 Å². The SMILES string of the molecule is CCC1(CC)CCN(C(=O)c2ccc(C)cc2Br)CC1. The van der Waals surface area contributed by atoms with Crippen molar-refractivity contribution in [2.45, 2.75) is 46.5 Å². The number of rotatable bonds is 3. The fraction of sp³-hybridized carbons (Fsp3) is 0.588. The molecule has 3 heteroatoms. The van der Waals surface area contributed by atoms with Gasteiger partial charge in [-0.2, -0.15) is 0 Å². The zero-order chi connectivity index (χ0) is 14.8. The van der Waals surface area contributed by atoms with Crippen molar-refractivity contribution in [2.24, 2.45) is 5.41 Å². The van der Waals surface area contributed by atoms with Gasteiger partial charge in [0, 0.05) is 17.6 Å². The molecule has 1 fully saturated rings. The van der Waals surface area contributed by atoms with Crippen molar-refractivity contribution in [1.82, 2.24) is 4.90 Å². The highest BCUT2D eigenvalue weighted by Crippen LogP contribution is 2.38. The molecular weight excluding hydrogens is 314 g/mol. The third kappa shape index (κ3) is 3.08. The molecule has 1 aliphatic rings. The molecule has 1 amide bonds. The highest BCUT2D eigenvalue weighted by atomic mass is 79.9. The van der Waals surface area contributed by atoms with Crippen LogP contribution >= 0.6 is 15.9 Å². The molecule has 1 aromatic carbocycles. The summed E-state index contributed by atoms with van der Waals surface area (Å²) in [5.74, 6) is 0.165. The average Bonchev–Trinajstić information content (AvgIpc) is 2.47. The summed E-state index contributed by atoms with van der Waals surface area (Å²) in [7, 11) is 0. The van der Waals surface area contributed by atoms with E-state index in [1.807, 2.05) is 30.0 Å². The number of piperidine rings is 1. The predicted molar refractivity (Wildman–Crippen MR) is 87.0 cm³/mol. The molecule has 2 rings (SSSR count). The van der Waals surface area contributed by atoms with Crippen molar-refractivity contribution in [2.75, 3.05) is 13.1 Å². The molecule has 0 saturated carbocycles. The molecule has 0 N–H and O–H groups in total. The summed E-state index contributed by atoms with van der Waals surface area (Å²) in [5.41, 5.74) is 2.42. The molecule has 2 nitrogen and oxygen atoms in total. The third-order valence-electron chi connectivity index (χ3n) is 4.97. The largest absolute Gasteiger partial charge is 0.339 e. The number of hydrogen-bond donors (Lipinski definition) is 0. The van der Waals surface area contributed by atoms with E-state index in [-0.39, 0.29) is 5.91 Å². The van der Waals surface area contributed by atoms with Crippen LogP contribution in [0.15, 0.2) is 22.7 Å². The molecule has 0 radical (unpaired) electrons. The van der Waals surface area contributed by atoms with Gasteiger partial charge in [0.05, 0.1) is 5.56 Å². The number of benzene rings is 1. The molecule has 0 bridgehead atoms. The lowest BCUT2D eigenvalue weighted by atomic mass is 9.74. The molecule has 0 aromatic heterocycles. The molecule has 110 valence electrons. The summed E-state index contributed by atoms with van der Waals surface area (Å²) < 4.78 is 0.908. The number of nitrogens with zero attached hydrogens (tertiary/aromatic N) is 1. The lowest BCUT2D eigenvalue weighted by Crippen LogP contribution is -2.42. The minimum atomic E-state index is 0.165. The van der Waals surface area contributed by atoms with Crippen LogP contribution < -0.4 is 0 Å². The van der Waals surface area contributed by atoms with Gasteiger partial charge in [0.25, 0.3) is 5.91 Å². The standard InChI is InChI=1S/C17H24BrNO/c1-4-17(5-2)8-10-19(11-9-17)16(20)14-7-6-13(3)12-15(14)18/h6-7,12H,4-5,8-11H2,1-3H3. The van der Waals surface area contributed by atoms with Crippen LogP contribution in [-0.2, 0) is 0 Å². The lowest BCUT2D eigenvalue weighted by molar-refractivity contribution is 0.0557. The molecular formula is C17H24BrNO. The van der Waals surface area contributed by atoms with E-state index in [1.54, 1.807) is 0 Å². The number of halogens is 1. The molecule has 1 aliphatic heterocycles. The summed E-state index contributed by atoms with van der Waals surface area (Å²) in [5, 5.41) is 0. The Bertz CT molecular complexity index is 484. The number of amides is 1. The van der Waals surface area contributed by atoms with Crippen LogP contribution in [-0.4, -0.2) is 23.9 Å². The topological polar surface area (TPSA) is 20.3 Å². The van der Waals surface area contributed by atoms with Gasteiger partial charge in [0.2, 0.25) is 0 Å². The molecule has 0 atom stereocenters. The minimum Gasteiger partial charge on any atom is -0.339 e. The average molecular weight is 338 g/mol. The Morgan fingerprint density at radius 3 is 2.35 bits per heavy atom. The van der Waals surface area contributed by atoms with Gasteiger partial charge in [-0.05, 0) is 58.8 Å². The van der Waals surface area contributed by atoms with Crippen LogP contribution in [0.1, 0.15) is 55.5 Å². The number of carbonyl (C=O) groups is 1. The summed E-state index contributed by atoms with van der Waals surface area (Å²) in [6.07, 6.45) is 4.71. The Labute approximate surface area is 130 Å². The lowest BCUT2D eigenvalue weighted by Gasteiger charge is -2.41. The highest BCUT2D eigenvalue weighted by Gasteiger charge is 2.33. The van der Waals surface area contributed by atoms with Crippen molar-refractivity contribution in [3.05, 3.63) is 33.8 Å². The van der Waals surface area contributed by atoms with Crippen molar-refractivity contribution < 1.29 is 4.79 Å². The van der Waals surface area contributed by atoms with Crippen LogP contribution in [0.4, 0.5) is 0 Å². The van der Waals surface area contributed by atoms with E-state index in [1.165, 1.54) is 18.4 Å². The predicted octanol–water partition coefficient (Wildman–Crippen LogP) is 4.80. The molecule has 1 heterocycles. The second kappa shape index (κ2) is 6.30. The van der Waals surface area contributed by atoms with E-state index in [2.05, 4.69) is 29.8 Å². The van der Waals surface area contributed by atoms with Gasteiger partial charge in [0.1, 0.15) is 0 Å². The molecule has 0 unspecified atom stereocenters. The fourth-order valence-electron chi connectivity index (χ4n) is 3.11. The Balaban J connectivity index is 2.09. The second-order valence-electron chi connectivity index (χ2n) is 5.98. The maximum Gasteiger partial charge on any atom is 0.254 e. The van der Waals surface area contributed by atoms with Gasteiger partial charge >= 0.3 is 0 Å². The van der Waals surface area contributed by atoms with Gasteiger partial charge < -0.3 is 4.90 Å². The summed E-state index contributed by atoms with van der Waals surface area (Å²) in [4.78, 5) is 14.6. The maximum absolute atomic E-state index is 12.6. The first-order valence-electron chi connectivity index (χ1n) is 7.57. The number of hydrogen-bond acceptors (Lipinski definition) is 1. The summed E-state index contributed by atoms with van der Waals surface area (Å²) in [6.45, 7) is 8.37. The second-order valence-corrected chi connectivity index (χ2v) is 6.84. The molecule has 1 aromatic rings. The molecule has 20 heavy (non-hydrogen) atoms. The van der Waals surface area contributed by atoms with Gasteiger partial charge in [-0.15, -0.1) is 0 Å². The number of carbonyl (C=O) groups excluding carboxylic acids is 1. The van der Waals surface area contributed by atoms with Crippen LogP contribution in [0, 0.1) is 12.3 Å². The van der Waals surface area contributed by atoms with Crippen molar-refractivity contribution in [3.8, 4) is 0 Å². The Kier molecular flexibility index (Phi) is 4.90. The van der Waals surface area contributed by atoms with E-state index in [0.29, 0.717) is 5.41 Å². The van der Waals surface area contributed by atoms with E-state index >= 15 is 0 Å². The minimum absolute atomic E-state index is 0.165. The van der Waals surface area contributed by atoms with Crippen LogP contribution in [0.3, 0.4) is 0 Å². The Morgan fingerprint density at radius 1 is 1.25 bits per heavy atom. The number of likely N-dealkylation sites (tertiary alicyclic amines) is 1. The zero-order valence-electron chi connectivity index (χ0n) is 12.7.